The summed E-state index contributed by atoms with van der Waals surface area (Å²) in [5.74, 6) is 0.506. The SMILES string of the molecule is CC(CO)CNC(=O)NC1CCN(c2ccc(C(F)(F)F)cn2)CC1. The van der Waals surface area contributed by atoms with Crippen LogP contribution in [0.5, 0.6) is 0 Å². The Morgan fingerprint density at radius 2 is 2.08 bits per heavy atom. The van der Waals surface area contributed by atoms with Gasteiger partial charge in [0.25, 0.3) is 0 Å². The van der Waals surface area contributed by atoms with E-state index in [1.165, 1.54) is 6.07 Å². The number of hydrogen-bond donors (Lipinski definition) is 3. The van der Waals surface area contributed by atoms with Crippen LogP contribution in [-0.2, 0) is 6.18 Å². The van der Waals surface area contributed by atoms with Gasteiger partial charge in [0.15, 0.2) is 0 Å². The normalized spacial score (nSPS) is 17.2. The number of pyridine rings is 1. The number of urea groups is 1. The number of piperidine rings is 1. The second-order valence-corrected chi connectivity index (χ2v) is 6.31. The van der Waals surface area contributed by atoms with Crippen LogP contribution in [0.25, 0.3) is 0 Å². The zero-order valence-corrected chi connectivity index (χ0v) is 14.0. The Kier molecular flexibility index (Phi) is 6.46. The fourth-order valence-electron chi connectivity index (χ4n) is 2.56. The fraction of sp³-hybridized carbons (Fsp3) is 0.625. The van der Waals surface area contributed by atoms with Gasteiger partial charge in [0.1, 0.15) is 5.82 Å². The predicted octanol–water partition coefficient (Wildman–Crippen LogP) is 2.00. The minimum Gasteiger partial charge on any atom is -0.396 e. The zero-order chi connectivity index (χ0) is 18.4. The van der Waals surface area contributed by atoms with Crippen LogP contribution in [0.3, 0.4) is 0 Å². The van der Waals surface area contributed by atoms with Gasteiger partial charge in [0.2, 0.25) is 0 Å². The molecule has 1 saturated heterocycles. The van der Waals surface area contributed by atoms with Gasteiger partial charge in [0, 0.05) is 38.5 Å². The largest absolute Gasteiger partial charge is 0.417 e. The van der Waals surface area contributed by atoms with Crippen LogP contribution in [0.2, 0.25) is 0 Å². The molecular weight excluding hydrogens is 337 g/mol. The van der Waals surface area contributed by atoms with E-state index in [0.717, 1.165) is 12.3 Å². The number of anilines is 1. The van der Waals surface area contributed by atoms with Gasteiger partial charge in [-0.1, -0.05) is 6.92 Å². The molecule has 1 aromatic heterocycles. The van der Waals surface area contributed by atoms with Crippen molar-refractivity contribution in [3.8, 4) is 0 Å². The lowest BCUT2D eigenvalue weighted by Gasteiger charge is -2.33. The first kappa shape index (κ1) is 19.3. The molecule has 1 fully saturated rings. The predicted molar refractivity (Wildman–Crippen MR) is 87.3 cm³/mol. The number of carbonyl (C=O) groups is 1. The molecule has 0 saturated carbocycles. The molecule has 9 heteroatoms. The molecule has 0 spiro atoms. The van der Waals surface area contributed by atoms with Crippen molar-refractivity contribution in [2.75, 3.05) is 31.1 Å². The van der Waals surface area contributed by atoms with E-state index >= 15 is 0 Å². The fourth-order valence-corrected chi connectivity index (χ4v) is 2.56. The molecule has 2 rings (SSSR count). The highest BCUT2D eigenvalue weighted by atomic mass is 19.4. The van der Waals surface area contributed by atoms with E-state index in [9.17, 15) is 18.0 Å². The monoisotopic (exact) mass is 360 g/mol. The summed E-state index contributed by atoms with van der Waals surface area (Å²) in [6, 6.07) is 2.14. The molecule has 0 radical (unpaired) electrons. The molecule has 140 valence electrons. The number of rotatable bonds is 5. The summed E-state index contributed by atoms with van der Waals surface area (Å²) in [5.41, 5.74) is -0.762. The Hall–Kier alpha value is -2.03. The van der Waals surface area contributed by atoms with Gasteiger partial charge in [-0.15, -0.1) is 0 Å². The lowest BCUT2D eigenvalue weighted by atomic mass is 10.1. The summed E-state index contributed by atoms with van der Waals surface area (Å²) in [6.45, 7) is 3.46. The van der Waals surface area contributed by atoms with E-state index in [0.29, 0.717) is 38.3 Å². The lowest BCUT2D eigenvalue weighted by Crippen LogP contribution is -2.48. The second-order valence-electron chi connectivity index (χ2n) is 6.31. The highest BCUT2D eigenvalue weighted by Crippen LogP contribution is 2.29. The maximum absolute atomic E-state index is 12.6. The van der Waals surface area contributed by atoms with Crippen molar-refractivity contribution >= 4 is 11.8 Å². The van der Waals surface area contributed by atoms with Crippen molar-refractivity contribution in [3.05, 3.63) is 23.9 Å². The van der Waals surface area contributed by atoms with Gasteiger partial charge in [-0.3, -0.25) is 0 Å². The number of aliphatic hydroxyl groups is 1. The Morgan fingerprint density at radius 1 is 1.40 bits per heavy atom. The molecule has 1 aromatic rings. The highest BCUT2D eigenvalue weighted by Gasteiger charge is 2.31. The molecule has 25 heavy (non-hydrogen) atoms. The first-order chi connectivity index (χ1) is 11.8. The molecule has 3 N–H and O–H groups in total. The smallest absolute Gasteiger partial charge is 0.396 e. The topological polar surface area (TPSA) is 77.5 Å². The van der Waals surface area contributed by atoms with Gasteiger partial charge in [0.05, 0.1) is 5.56 Å². The number of nitrogens with one attached hydrogen (secondary N) is 2. The third-order valence-electron chi connectivity index (χ3n) is 4.15. The molecule has 0 bridgehead atoms. The summed E-state index contributed by atoms with van der Waals surface area (Å²) in [5, 5.41) is 14.5. The van der Waals surface area contributed by atoms with Crippen LogP contribution in [0.15, 0.2) is 18.3 Å². The van der Waals surface area contributed by atoms with Gasteiger partial charge in [-0.2, -0.15) is 13.2 Å². The third kappa shape index (κ3) is 5.77. The first-order valence-electron chi connectivity index (χ1n) is 8.23. The van der Waals surface area contributed by atoms with Crippen LogP contribution in [0.1, 0.15) is 25.3 Å². The molecule has 6 nitrogen and oxygen atoms in total. The molecule has 0 aliphatic carbocycles. The average Bonchev–Trinajstić information content (AvgIpc) is 2.59. The number of aromatic nitrogens is 1. The first-order valence-corrected chi connectivity index (χ1v) is 8.23. The minimum absolute atomic E-state index is 0.00154. The maximum Gasteiger partial charge on any atom is 0.417 e. The quantitative estimate of drug-likeness (QED) is 0.751. The van der Waals surface area contributed by atoms with Gasteiger partial charge < -0.3 is 20.6 Å². The molecule has 1 unspecified atom stereocenters. The average molecular weight is 360 g/mol. The van der Waals surface area contributed by atoms with Crippen molar-refractivity contribution in [1.82, 2.24) is 15.6 Å². The number of aliphatic hydroxyl groups excluding tert-OH is 1. The number of nitrogens with zero attached hydrogens (tertiary/aromatic N) is 2. The highest BCUT2D eigenvalue weighted by molar-refractivity contribution is 5.74. The summed E-state index contributed by atoms with van der Waals surface area (Å²) < 4.78 is 37.7. The van der Waals surface area contributed by atoms with Gasteiger partial charge in [-0.25, -0.2) is 9.78 Å². The van der Waals surface area contributed by atoms with E-state index in [-0.39, 0.29) is 24.6 Å². The Morgan fingerprint density at radius 3 is 2.60 bits per heavy atom. The van der Waals surface area contributed by atoms with E-state index in [1.54, 1.807) is 0 Å². The van der Waals surface area contributed by atoms with Crippen molar-refractivity contribution in [1.29, 1.82) is 0 Å². The summed E-state index contributed by atoms with van der Waals surface area (Å²) >= 11 is 0. The van der Waals surface area contributed by atoms with Gasteiger partial charge >= 0.3 is 12.2 Å². The molecule has 2 amide bonds. The van der Waals surface area contributed by atoms with E-state index in [4.69, 9.17) is 5.11 Å². The van der Waals surface area contributed by atoms with Crippen LogP contribution in [0.4, 0.5) is 23.8 Å². The third-order valence-corrected chi connectivity index (χ3v) is 4.15. The van der Waals surface area contributed by atoms with E-state index in [2.05, 4.69) is 15.6 Å². The van der Waals surface area contributed by atoms with Gasteiger partial charge in [-0.05, 0) is 30.9 Å². The molecule has 1 aliphatic rings. The van der Waals surface area contributed by atoms with Crippen LogP contribution in [-0.4, -0.2) is 48.4 Å². The molecule has 2 heterocycles. The van der Waals surface area contributed by atoms with E-state index < -0.39 is 11.7 Å². The van der Waals surface area contributed by atoms with E-state index in [1.807, 2.05) is 11.8 Å². The standard InChI is InChI=1S/C16H23F3N4O2/c1-11(10-24)8-21-15(25)22-13-4-6-23(7-5-13)14-3-2-12(9-20-14)16(17,18)19/h2-3,9,11,13,24H,4-8,10H2,1H3,(H2,21,22,25). The van der Waals surface area contributed by atoms with Crippen molar-refractivity contribution in [2.45, 2.75) is 32.0 Å². The summed E-state index contributed by atoms with van der Waals surface area (Å²) in [6.07, 6.45) is -2.17. The molecule has 1 aliphatic heterocycles. The summed E-state index contributed by atoms with van der Waals surface area (Å²) in [4.78, 5) is 17.6. The van der Waals surface area contributed by atoms with Crippen LogP contribution in [0, 0.1) is 5.92 Å². The van der Waals surface area contributed by atoms with Crippen LogP contribution >= 0.6 is 0 Å². The van der Waals surface area contributed by atoms with Crippen molar-refractivity contribution in [3.63, 3.8) is 0 Å². The number of alkyl halides is 3. The van der Waals surface area contributed by atoms with Crippen molar-refractivity contribution < 1.29 is 23.1 Å². The second kappa shape index (κ2) is 8.37. The zero-order valence-electron chi connectivity index (χ0n) is 14.0. The number of amides is 2. The molecular formula is C16H23F3N4O2. The Bertz CT molecular complexity index is 557. The molecule has 0 aromatic carbocycles. The maximum atomic E-state index is 12.6. The van der Waals surface area contributed by atoms with Crippen molar-refractivity contribution in [2.24, 2.45) is 5.92 Å². The lowest BCUT2D eigenvalue weighted by molar-refractivity contribution is -0.137. The van der Waals surface area contributed by atoms with Crippen LogP contribution < -0.4 is 15.5 Å². The summed E-state index contributed by atoms with van der Waals surface area (Å²) in [7, 11) is 0. The Labute approximate surface area is 144 Å². The number of halogens is 3. The number of hydrogen-bond acceptors (Lipinski definition) is 4. The minimum atomic E-state index is -4.39. The number of carbonyl (C=O) groups excluding carboxylic acids is 1. The Balaban J connectivity index is 1.78. The molecule has 1 atom stereocenters.